The zero-order chi connectivity index (χ0) is 19.3. The fraction of sp³-hybridized carbons (Fsp3) is 0.381. The van der Waals surface area contributed by atoms with Crippen LogP contribution in [0.25, 0.3) is 0 Å². The number of aliphatic hydroxyl groups is 2. The summed E-state index contributed by atoms with van der Waals surface area (Å²) >= 11 is 0. The highest BCUT2D eigenvalue weighted by Gasteiger charge is 2.45. The van der Waals surface area contributed by atoms with Crippen LogP contribution in [0.5, 0.6) is 11.5 Å². The molecule has 0 radical (unpaired) electrons. The maximum absolute atomic E-state index is 12.5. The van der Waals surface area contributed by atoms with Gasteiger partial charge in [-0.2, -0.15) is 0 Å². The van der Waals surface area contributed by atoms with E-state index in [4.69, 9.17) is 9.47 Å². The summed E-state index contributed by atoms with van der Waals surface area (Å²) in [6.07, 6.45) is -0.921. The molecule has 2 aromatic carbocycles. The number of hydrogen-bond donors (Lipinski definition) is 3. The van der Waals surface area contributed by atoms with Gasteiger partial charge in [0.1, 0.15) is 11.5 Å². The molecule has 0 aliphatic heterocycles. The Morgan fingerprint density at radius 1 is 1.07 bits per heavy atom. The largest absolute Gasteiger partial charge is 0.497 e. The molecule has 144 valence electrons. The van der Waals surface area contributed by atoms with Crippen molar-refractivity contribution in [3.05, 3.63) is 60.2 Å². The molecule has 3 N–H and O–H groups in total. The number of rotatable bonds is 7. The highest BCUT2D eigenvalue weighted by molar-refractivity contribution is 5.94. The molecular weight excluding hydrogens is 346 g/mol. The minimum Gasteiger partial charge on any atom is -0.497 e. The molecule has 1 fully saturated rings. The molecule has 3 atom stereocenters. The summed E-state index contributed by atoms with van der Waals surface area (Å²) in [4.78, 5) is 12.5. The van der Waals surface area contributed by atoms with E-state index in [-0.39, 0.29) is 5.91 Å². The highest BCUT2D eigenvalue weighted by atomic mass is 16.5. The number of benzene rings is 2. The number of aliphatic hydroxyl groups excluding tert-OH is 2. The molecule has 0 heterocycles. The number of methoxy groups -OCH3 is 1. The van der Waals surface area contributed by atoms with Gasteiger partial charge in [0.25, 0.3) is 5.91 Å². The van der Waals surface area contributed by atoms with Crippen molar-refractivity contribution in [3.8, 4) is 11.5 Å². The predicted octanol–water partition coefficient (Wildman–Crippen LogP) is 2.01. The standard InChI is InChI=1S/C21H25NO5/c1-26-17-9-5-6-15(10-17)20(25)22-13-21(11-18(23)19(24)12-21)14-27-16-7-3-2-4-8-16/h2-10,18-19,23-24H,11-14H2,1H3,(H,22,25)/t18-,19+,21?. The molecule has 2 aromatic rings. The first-order chi connectivity index (χ1) is 13.0. The Morgan fingerprint density at radius 2 is 1.74 bits per heavy atom. The van der Waals surface area contributed by atoms with E-state index in [9.17, 15) is 15.0 Å². The molecule has 1 aliphatic rings. The maximum atomic E-state index is 12.5. The molecule has 0 saturated heterocycles. The number of amides is 1. The number of hydrogen-bond acceptors (Lipinski definition) is 5. The lowest BCUT2D eigenvalue weighted by Gasteiger charge is -2.29. The topological polar surface area (TPSA) is 88.0 Å². The van der Waals surface area contributed by atoms with Crippen LogP contribution in [0.1, 0.15) is 23.2 Å². The molecule has 0 aromatic heterocycles. The average molecular weight is 371 g/mol. The molecule has 3 rings (SSSR count). The first-order valence-corrected chi connectivity index (χ1v) is 8.98. The van der Waals surface area contributed by atoms with Gasteiger partial charge in [-0.3, -0.25) is 4.79 Å². The SMILES string of the molecule is COc1cccc(C(=O)NCC2(COc3ccccc3)C[C@@H](O)[C@@H](O)C2)c1. The summed E-state index contributed by atoms with van der Waals surface area (Å²) in [5, 5.41) is 23.0. The quantitative estimate of drug-likeness (QED) is 0.693. The minimum atomic E-state index is -0.821. The van der Waals surface area contributed by atoms with Crippen LogP contribution in [0.2, 0.25) is 0 Å². The monoisotopic (exact) mass is 371 g/mol. The zero-order valence-electron chi connectivity index (χ0n) is 15.3. The average Bonchev–Trinajstić information content (AvgIpc) is 2.99. The summed E-state index contributed by atoms with van der Waals surface area (Å²) in [5.74, 6) is 1.09. The number of ether oxygens (including phenoxy) is 2. The first-order valence-electron chi connectivity index (χ1n) is 8.98. The Morgan fingerprint density at radius 3 is 2.41 bits per heavy atom. The fourth-order valence-electron chi connectivity index (χ4n) is 3.44. The third-order valence-electron chi connectivity index (χ3n) is 4.97. The van der Waals surface area contributed by atoms with E-state index in [1.807, 2.05) is 30.3 Å². The molecule has 1 unspecified atom stereocenters. The maximum Gasteiger partial charge on any atom is 0.251 e. The van der Waals surface area contributed by atoms with Crippen molar-refractivity contribution in [2.24, 2.45) is 5.41 Å². The Bertz CT molecular complexity index is 754. The number of para-hydroxylation sites is 1. The van der Waals surface area contributed by atoms with Crippen molar-refractivity contribution < 1.29 is 24.5 Å². The second-order valence-electron chi connectivity index (χ2n) is 7.06. The lowest BCUT2D eigenvalue weighted by Crippen LogP contribution is -2.40. The van der Waals surface area contributed by atoms with Crippen LogP contribution in [-0.4, -0.2) is 48.6 Å². The predicted molar refractivity (Wildman–Crippen MR) is 101 cm³/mol. The van der Waals surface area contributed by atoms with Gasteiger partial charge in [-0.25, -0.2) is 0 Å². The van der Waals surface area contributed by atoms with E-state index in [0.717, 1.165) is 0 Å². The Labute approximate surface area is 158 Å². The summed E-state index contributed by atoms with van der Waals surface area (Å²) in [5.41, 5.74) is -0.0454. The zero-order valence-corrected chi connectivity index (χ0v) is 15.3. The van der Waals surface area contributed by atoms with Crippen LogP contribution in [0.4, 0.5) is 0 Å². The Balaban J connectivity index is 1.67. The lowest BCUT2D eigenvalue weighted by atomic mass is 9.86. The normalized spacial score (nSPS) is 24.4. The summed E-state index contributed by atoms with van der Waals surface area (Å²) in [6, 6.07) is 16.3. The second-order valence-corrected chi connectivity index (χ2v) is 7.06. The van der Waals surface area contributed by atoms with Crippen LogP contribution in [-0.2, 0) is 0 Å². The van der Waals surface area contributed by atoms with E-state index < -0.39 is 17.6 Å². The van der Waals surface area contributed by atoms with Gasteiger partial charge in [0.2, 0.25) is 0 Å². The van der Waals surface area contributed by atoms with Gasteiger partial charge in [0.05, 0.1) is 25.9 Å². The van der Waals surface area contributed by atoms with Crippen molar-refractivity contribution in [1.82, 2.24) is 5.32 Å². The number of carbonyl (C=O) groups excluding carboxylic acids is 1. The van der Waals surface area contributed by atoms with Crippen molar-refractivity contribution in [3.63, 3.8) is 0 Å². The fourth-order valence-corrected chi connectivity index (χ4v) is 3.44. The lowest BCUT2D eigenvalue weighted by molar-refractivity contribution is 0.0438. The number of carbonyl (C=O) groups is 1. The minimum absolute atomic E-state index is 0.233. The van der Waals surface area contributed by atoms with E-state index in [0.29, 0.717) is 43.1 Å². The van der Waals surface area contributed by atoms with Gasteiger partial charge in [-0.1, -0.05) is 24.3 Å². The smallest absolute Gasteiger partial charge is 0.251 e. The summed E-state index contributed by atoms with van der Waals surface area (Å²) < 4.78 is 11.0. The number of nitrogens with one attached hydrogen (secondary N) is 1. The van der Waals surface area contributed by atoms with Crippen LogP contribution < -0.4 is 14.8 Å². The van der Waals surface area contributed by atoms with Crippen molar-refractivity contribution in [2.45, 2.75) is 25.0 Å². The molecule has 1 amide bonds. The third kappa shape index (κ3) is 4.78. The van der Waals surface area contributed by atoms with Gasteiger partial charge >= 0.3 is 0 Å². The Kier molecular flexibility index (Phi) is 5.98. The van der Waals surface area contributed by atoms with Gasteiger partial charge < -0.3 is 25.0 Å². The van der Waals surface area contributed by atoms with Crippen molar-refractivity contribution in [1.29, 1.82) is 0 Å². The highest BCUT2D eigenvalue weighted by Crippen LogP contribution is 2.38. The molecule has 0 bridgehead atoms. The van der Waals surface area contributed by atoms with Crippen LogP contribution in [0.3, 0.4) is 0 Å². The van der Waals surface area contributed by atoms with Crippen molar-refractivity contribution >= 4 is 5.91 Å². The molecular formula is C21H25NO5. The second kappa shape index (κ2) is 8.41. The van der Waals surface area contributed by atoms with Gasteiger partial charge in [-0.15, -0.1) is 0 Å². The molecule has 0 spiro atoms. The van der Waals surface area contributed by atoms with Gasteiger partial charge in [0, 0.05) is 17.5 Å². The molecule has 1 aliphatic carbocycles. The van der Waals surface area contributed by atoms with Crippen LogP contribution in [0, 0.1) is 5.41 Å². The summed E-state index contributed by atoms with van der Waals surface area (Å²) in [6.45, 7) is 0.591. The van der Waals surface area contributed by atoms with E-state index >= 15 is 0 Å². The van der Waals surface area contributed by atoms with Crippen LogP contribution >= 0.6 is 0 Å². The van der Waals surface area contributed by atoms with E-state index in [1.54, 1.807) is 31.4 Å². The Hall–Kier alpha value is -2.57. The third-order valence-corrected chi connectivity index (χ3v) is 4.97. The molecule has 6 heteroatoms. The molecule has 1 saturated carbocycles. The first kappa shape index (κ1) is 19.2. The molecule has 27 heavy (non-hydrogen) atoms. The van der Waals surface area contributed by atoms with Gasteiger partial charge in [-0.05, 0) is 43.2 Å². The van der Waals surface area contributed by atoms with E-state index in [2.05, 4.69) is 5.32 Å². The summed E-state index contributed by atoms with van der Waals surface area (Å²) in [7, 11) is 1.55. The van der Waals surface area contributed by atoms with Gasteiger partial charge in [0.15, 0.2) is 0 Å². The van der Waals surface area contributed by atoms with E-state index in [1.165, 1.54) is 0 Å². The van der Waals surface area contributed by atoms with Crippen LogP contribution in [0.15, 0.2) is 54.6 Å². The van der Waals surface area contributed by atoms with Crippen molar-refractivity contribution in [2.75, 3.05) is 20.3 Å². The molecule has 6 nitrogen and oxygen atoms in total.